The molecule has 104 valence electrons. The van der Waals surface area contributed by atoms with Crippen LogP contribution in [0.25, 0.3) is 0 Å². The minimum Gasteiger partial charge on any atom is -0.309 e. The summed E-state index contributed by atoms with van der Waals surface area (Å²) in [5.74, 6) is 0.836. The fraction of sp³-hybridized carbons (Fsp3) is 0.562. The lowest BCUT2D eigenvalue weighted by molar-refractivity contribution is -0.126. The number of halogens is 1. The van der Waals surface area contributed by atoms with Gasteiger partial charge in [-0.3, -0.25) is 4.79 Å². The molecule has 0 spiro atoms. The third-order valence-corrected chi connectivity index (χ3v) is 3.79. The van der Waals surface area contributed by atoms with E-state index < -0.39 is 0 Å². The Bertz CT molecular complexity index is 490. The van der Waals surface area contributed by atoms with Crippen molar-refractivity contribution in [3.8, 4) is 0 Å². The fourth-order valence-electron chi connectivity index (χ4n) is 2.62. The summed E-state index contributed by atoms with van der Waals surface area (Å²) in [6.07, 6.45) is 1.82. The van der Waals surface area contributed by atoms with E-state index in [-0.39, 0.29) is 17.4 Å². The molecule has 2 rings (SSSR count). The Labute approximate surface area is 120 Å². The van der Waals surface area contributed by atoms with E-state index in [0.717, 1.165) is 18.5 Å². The van der Waals surface area contributed by atoms with E-state index in [9.17, 15) is 4.79 Å². The van der Waals surface area contributed by atoms with Crippen molar-refractivity contribution in [1.29, 1.82) is 0 Å². The molecule has 1 amide bonds. The molecule has 19 heavy (non-hydrogen) atoms. The van der Waals surface area contributed by atoms with Gasteiger partial charge in [0.15, 0.2) is 0 Å². The Hall–Kier alpha value is -1.02. The van der Waals surface area contributed by atoms with Crippen LogP contribution in [0.4, 0.5) is 5.69 Å². The summed E-state index contributed by atoms with van der Waals surface area (Å²) >= 11 is 5.79. The molecule has 0 aliphatic carbocycles. The Morgan fingerprint density at radius 3 is 2.68 bits per heavy atom. The summed E-state index contributed by atoms with van der Waals surface area (Å²) in [6, 6.07) is 6.60. The number of aryl methyl sites for hydroxylation is 1. The van der Waals surface area contributed by atoms with Crippen molar-refractivity contribution >= 4 is 23.2 Å². The average molecular weight is 280 g/mol. The van der Waals surface area contributed by atoms with Gasteiger partial charge in [-0.1, -0.05) is 32.9 Å². The summed E-state index contributed by atoms with van der Waals surface area (Å²) in [7, 11) is 0. The molecule has 0 radical (unpaired) electrons. The fourth-order valence-corrected chi connectivity index (χ4v) is 2.84. The third-order valence-electron chi connectivity index (χ3n) is 3.60. The molecule has 1 atom stereocenters. The molecule has 0 bridgehead atoms. The van der Waals surface area contributed by atoms with Gasteiger partial charge >= 0.3 is 0 Å². The van der Waals surface area contributed by atoms with Crippen molar-refractivity contribution in [2.75, 3.05) is 10.8 Å². The minimum atomic E-state index is -0.343. The van der Waals surface area contributed by atoms with Crippen LogP contribution in [-0.2, 0) is 17.6 Å². The number of benzene rings is 1. The van der Waals surface area contributed by atoms with Crippen molar-refractivity contribution in [2.24, 2.45) is 5.41 Å². The Morgan fingerprint density at radius 2 is 2.11 bits per heavy atom. The van der Waals surface area contributed by atoms with Gasteiger partial charge in [0.05, 0.1) is 0 Å². The lowest BCUT2D eigenvalue weighted by atomic mass is 9.94. The van der Waals surface area contributed by atoms with Crippen molar-refractivity contribution in [1.82, 2.24) is 0 Å². The van der Waals surface area contributed by atoms with E-state index >= 15 is 0 Å². The van der Waals surface area contributed by atoms with E-state index in [4.69, 9.17) is 11.6 Å². The van der Waals surface area contributed by atoms with Gasteiger partial charge in [-0.15, -0.1) is 11.6 Å². The number of nitrogens with zero attached hydrogens (tertiary/aromatic N) is 1. The molecule has 3 heteroatoms. The topological polar surface area (TPSA) is 20.3 Å². The number of amides is 1. The number of carbonyl (C=O) groups is 1. The number of carbonyl (C=O) groups excluding carboxylic acids is 1. The first-order chi connectivity index (χ1) is 8.84. The number of rotatable bonds is 2. The highest BCUT2D eigenvalue weighted by molar-refractivity contribution is 6.18. The van der Waals surface area contributed by atoms with Crippen molar-refractivity contribution in [3.05, 3.63) is 29.3 Å². The summed E-state index contributed by atoms with van der Waals surface area (Å²) in [5, 5.41) is 0. The minimum absolute atomic E-state index is 0.198. The second-order valence-electron chi connectivity index (χ2n) is 6.38. The summed E-state index contributed by atoms with van der Waals surface area (Å²) in [6.45, 7) is 8.04. The average Bonchev–Trinajstić information content (AvgIpc) is 2.62. The van der Waals surface area contributed by atoms with Gasteiger partial charge < -0.3 is 4.90 Å². The van der Waals surface area contributed by atoms with Gasteiger partial charge in [0.25, 0.3) is 0 Å². The first-order valence-corrected chi connectivity index (χ1v) is 7.39. The Kier molecular flexibility index (Phi) is 3.91. The van der Waals surface area contributed by atoms with Crippen LogP contribution >= 0.6 is 11.6 Å². The molecule has 1 unspecified atom stereocenters. The first kappa shape index (κ1) is 14.4. The van der Waals surface area contributed by atoms with Gasteiger partial charge in [-0.25, -0.2) is 0 Å². The van der Waals surface area contributed by atoms with Crippen LogP contribution in [0.5, 0.6) is 0 Å². The molecule has 0 saturated heterocycles. The van der Waals surface area contributed by atoms with Crippen LogP contribution in [0.3, 0.4) is 0 Å². The van der Waals surface area contributed by atoms with E-state index in [1.54, 1.807) is 0 Å². The van der Waals surface area contributed by atoms with E-state index in [1.807, 2.05) is 25.7 Å². The normalized spacial score (nSPS) is 18.6. The predicted molar refractivity (Wildman–Crippen MR) is 81.0 cm³/mol. The van der Waals surface area contributed by atoms with Crippen LogP contribution in [0, 0.1) is 5.41 Å². The van der Waals surface area contributed by atoms with Crippen LogP contribution in [-0.4, -0.2) is 17.8 Å². The molecular formula is C16H22ClNO. The van der Waals surface area contributed by atoms with Crippen molar-refractivity contribution < 1.29 is 4.79 Å². The first-order valence-electron chi connectivity index (χ1n) is 6.86. The summed E-state index contributed by atoms with van der Waals surface area (Å²) < 4.78 is 0. The van der Waals surface area contributed by atoms with Gasteiger partial charge in [-0.05, 0) is 37.0 Å². The number of alkyl halides is 1. The maximum atomic E-state index is 12.6. The quantitative estimate of drug-likeness (QED) is 0.754. The number of hydrogen-bond acceptors (Lipinski definition) is 1. The molecule has 1 aliphatic rings. The van der Waals surface area contributed by atoms with Crippen LogP contribution in [0.1, 0.15) is 38.8 Å². The lowest BCUT2D eigenvalue weighted by Gasteiger charge is -2.29. The monoisotopic (exact) mass is 279 g/mol. The highest BCUT2D eigenvalue weighted by atomic mass is 35.5. The van der Waals surface area contributed by atoms with Gasteiger partial charge in [0, 0.05) is 23.0 Å². The van der Waals surface area contributed by atoms with E-state index in [1.165, 1.54) is 11.1 Å². The Balaban J connectivity index is 2.35. The molecule has 0 fully saturated rings. The standard InChI is InChI=1S/C16H22ClNO/c1-11-9-13-10-12(7-8-17)5-6-14(13)18(11)15(19)16(2,3)4/h5-6,10-11H,7-9H2,1-4H3. The molecule has 1 aromatic carbocycles. The second-order valence-corrected chi connectivity index (χ2v) is 6.76. The maximum Gasteiger partial charge on any atom is 0.232 e. The molecule has 1 aromatic rings. The molecule has 0 aromatic heterocycles. The van der Waals surface area contributed by atoms with Gasteiger partial charge in [0.1, 0.15) is 0 Å². The third kappa shape index (κ3) is 2.79. The van der Waals surface area contributed by atoms with Crippen molar-refractivity contribution in [3.63, 3.8) is 0 Å². The SMILES string of the molecule is CC1Cc2cc(CCCl)ccc2N1C(=O)C(C)(C)C. The molecule has 1 heterocycles. The second kappa shape index (κ2) is 5.16. The zero-order chi connectivity index (χ0) is 14.2. The van der Waals surface area contributed by atoms with Crippen LogP contribution < -0.4 is 4.90 Å². The van der Waals surface area contributed by atoms with Gasteiger partial charge in [-0.2, -0.15) is 0 Å². The van der Waals surface area contributed by atoms with Crippen LogP contribution in [0.2, 0.25) is 0 Å². The summed E-state index contributed by atoms with van der Waals surface area (Å²) in [4.78, 5) is 14.5. The molecule has 0 saturated carbocycles. The van der Waals surface area contributed by atoms with E-state index in [2.05, 4.69) is 25.1 Å². The molecular weight excluding hydrogens is 258 g/mol. The molecule has 1 aliphatic heterocycles. The molecule has 0 N–H and O–H groups in total. The van der Waals surface area contributed by atoms with Crippen molar-refractivity contribution in [2.45, 2.75) is 46.6 Å². The summed E-state index contributed by atoms with van der Waals surface area (Å²) in [5.41, 5.74) is 3.26. The lowest BCUT2D eigenvalue weighted by Crippen LogP contribution is -2.42. The molecule has 2 nitrogen and oxygen atoms in total. The highest BCUT2D eigenvalue weighted by Crippen LogP contribution is 2.36. The van der Waals surface area contributed by atoms with Gasteiger partial charge in [0.2, 0.25) is 5.91 Å². The Morgan fingerprint density at radius 1 is 1.42 bits per heavy atom. The zero-order valence-electron chi connectivity index (χ0n) is 12.2. The van der Waals surface area contributed by atoms with Crippen LogP contribution in [0.15, 0.2) is 18.2 Å². The smallest absolute Gasteiger partial charge is 0.232 e. The van der Waals surface area contributed by atoms with E-state index in [0.29, 0.717) is 5.88 Å². The predicted octanol–water partition coefficient (Wildman–Crippen LogP) is 3.79. The zero-order valence-corrected chi connectivity index (χ0v) is 12.9. The highest BCUT2D eigenvalue weighted by Gasteiger charge is 2.36. The maximum absolute atomic E-state index is 12.6. The number of anilines is 1. The number of fused-ring (bicyclic) bond motifs is 1. The largest absolute Gasteiger partial charge is 0.309 e. The number of hydrogen-bond donors (Lipinski definition) is 0.